The highest BCUT2D eigenvalue weighted by Gasteiger charge is 2.12. The van der Waals surface area contributed by atoms with E-state index >= 15 is 0 Å². The summed E-state index contributed by atoms with van der Waals surface area (Å²) in [4.78, 5) is 4.38. The van der Waals surface area contributed by atoms with Crippen LogP contribution < -0.4 is 10.0 Å². The molecule has 0 saturated heterocycles. The minimum absolute atomic E-state index is 0.00166. The molecule has 2 rings (SSSR count). The van der Waals surface area contributed by atoms with Crippen LogP contribution in [0.15, 0.2) is 42.5 Å². The topological polar surface area (TPSA) is 71.1 Å². The van der Waals surface area contributed by atoms with Gasteiger partial charge in [-0.15, -0.1) is 0 Å². The number of nitrogens with zero attached hydrogens (tertiary/aromatic N) is 1. The van der Waals surface area contributed by atoms with Crippen molar-refractivity contribution in [3.05, 3.63) is 59.3 Å². The fraction of sp³-hybridized carbons (Fsp3) is 0.353. The molecule has 2 N–H and O–H groups in total. The first-order valence-corrected chi connectivity index (χ1v) is 9.25. The fourth-order valence-electron chi connectivity index (χ4n) is 2.21. The highest BCUT2D eigenvalue weighted by atomic mass is 32.2. The number of hydrogen-bond donors (Lipinski definition) is 2. The summed E-state index contributed by atoms with van der Waals surface area (Å²) in [7, 11) is -3.28. The summed E-state index contributed by atoms with van der Waals surface area (Å²) >= 11 is 0. The molecular weight excluding hydrogens is 310 g/mol. The van der Waals surface area contributed by atoms with E-state index < -0.39 is 10.0 Å². The third-order valence-corrected chi connectivity index (χ3v) is 4.70. The van der Waals surface area contributed by atoms with Crippen molar-refractivity contribution in [1.82, 2.24) is 9.71 Å². The smallest absolute Gasteiger partial charge is 0.216 e. The van der Waals surface area contributed by atoms with Gasteiger partial charge in [0.1, 0.15) is 5.82 Å². The molecule has 0 atom stereocenters. The molecule has 0 unspecified atom stereocenters. The number of aryl methyl sites for hydroxylation is 1. The summed E-state index contributed by atoms with van der Waals surface area (Å²) < 4.78 is 26.4. The minimum Gasteiger partial charge on any atom is -0.366 e. The number of hydrogen-bond acceptors (Lipinski definition) is 4. The van der Waals surface area contributed by atoms with Gasteiger partial charge in [-0.1, -0.05) is 30.3 Å². The Labute approximate surface area is 138 Å². The second-order valence-electron chi connectivity index (χ2n) is 5.87. The largest absolute Gasteiger partial charge is 0.366 e. The van der Waals surface area contributed by atoms with E-state index in [4.69, 9.17) is 0 Å². The lowest BCUT2D eigenvalue weighted by Gasteiger charge is -2.10. The third kappa shape index (κ3) is 6.00. The lowest BCUT2D eigenvalue weighted by atomic mass is 10.1. The fourth-order valence-corrected chi connectivity index (χ4v) is 3.64. The highest BCUT2D eigenvalue weighted by molar-refractivity contribution is 7.88. The summed E-state index contributed by atoms with van der Waals surface area (Å²) in [5, 5.41) is 3.25. The van der Waals surface area contributed by atoms with Crippen LogP contribution in [0.25, 0.3) is 0 Å². The normalized spacial score (nSPS) is 11.7. The molecule has 0 bridgehead atoms. The van der Waals surface area contributed by atoms with Gasteiger partial charge in [0.05, 0.1) is 5.75 Å². The second-order valence-corrected chi connectivity index (χ2v) is 7.62. The van der Waals surface area contributed by atoms with Crippen LogP contribution in [0.5, 0.6) is 0 Å². The van der Waals surface area contributed by atoms with E-state index in [0.717, 1.165) is 22.6 Å². The lowest BCUT2D eigenvalue weighted by Crippen LogP contribution is -2.31. The molecule has 5 nitrogen and oxygen atoms in total. The number of anilines is 1. The van der Waals surface area contributed by atoms with Gasteiger partial charge < -0.3 is 5.32 Å². The molecule has 124 valence electrons. The van der Waals surface area contributed by atoms with Crippen molar-refractivity contribution in [1.29, 1.82) is 0 Å². The van der Waals surface area contributed by atoms with Crippen molar-refractivity contribution in [2.45, 2.75) is 39.1 Å². The van der Waals surface area contributed by atoms with Gasteiger partial charge in [0, 0.05) is 18.3 Å². The van der Waals surface area contributed by atoms with Crippen LogP contribution in [-0.4, -0.2) is 19.4 Å². The number of sulfonamides is 1. The van der Waals surface area contributed by atoms with Crippen LogP contribution in [-0.2, 0) is 22.3 Å². The Kier molecular flexibility index (Phi) is 5.74. The van der Waals surface area contributed by atoms with Gasteiger partial charge in [-0.25, -0.2) is 18.1 Å². The maximum atomic E-state index is 11.9. The zero-order valence-electron chi connectivity index (χ0n) is 13.7. The van der Waals surface area contributed by atoms with Gasteiger partial charge >= 0.3 is 0 Å². The van der Waals surface area contributed by atoms with Crippen LogP contribution in [0.2, 0.25) is 0 Å². The summed E-state index contributed by atoms with van der Waals surface area (Å²) in [6.45, 7) is 6.22. The molecule has 0 amide bonds. The van der Waals surface area contributed by atoms with Crippen LogP contribution in [0, 0.1) is 6.92 Å². The van der Waals surface area contributed by atoms with E-state index in [9.17, 15) is 8.42 Å². The molecule has 2 aromatic rings. The minimum atomic E-state index is -3.28. The highest BCUT2D eigenvalue weighted by Crippen LogP contribution is 2.11. The average Bonchev–Trinajstić information content (AvgIpc) is 2.45. The molecule has 0 spiro atoms. The molecule has 0 fully saturated rings. The first-order chi connectivity index (χ1) is 10.8. The van der Waals surface area contributed by atoms with Crippen molar-refractivity contribution in [2.75, 3.05) is 5.32 Å². The number of rotatable bonds is 7. The van der Waals surface area contributed by atoms with E-state index in [1.807, 2.05) is 63.2 Å². The first kappa shape index (κ1) is 17.4. The molecule has 0 radical (unpaired) electrons. The standard InChI is InChI=1S/C17H23N3O2S/c1-13(2)20-23(21,22)12-16-9-7-15(8-10-16)11-18-17-6-4-5-14(3)19-17/h4-10,13,20H,11-12H2,1-3H3,(H,18,19). The number of nitrogens with one attached hydrogen (secondary N) is 2. The van der Waals surface area contributed by atoms with Crippen molar-refractivity contribution in [3.8, 4) is 0 Å². The Bertz CT molecular complexity index is 741. The monoisotopic (exact) mass is 333 g/mol. The van der Waals surface area contributed by atoms with Gasteiger partial charge in [0.25, 0.3) is 0 Å². The molecule has 1 heterocycles. The third-order valence-electron chi connectivity index (χ3n) is 3.16. The maximum Gasteiger partial charge on any atom is 0.216 e. The Morgan fingerprint density at radius 3 is 2.30 bits per heavy atom. The molecule has 0 saturated carbocycles. The second kappa shape index (κ2) is 7.57. The first-order valence-electron chi connectivity index (χ1n) is 7.59. The van der Waals surface area contributed by atoms with E-state index in [1.165, 1.54) is 0 Å². The van der Waals surface area contributed by atoms with Crippen molar-refractivity contribution < 1.29 is 8.42 Å². The Hall–Kier alpha value is -1.92. The van der Waals surface area contributed by atoms with E-state index in [1.54, 1.807) is 0 Å². The quantitative estimate of drug-likeness (QED) is 0.817. The number of benzene rings is 1. The number of pyridine rings is 1. The van der Waals surface area contributed by atoms with Gasteiger partial charge in [0.15, 0.2) is 0 Å². The van der Waals surface area contributed by atoms with Crippen molar-refractivity contribution in [3.63, 3.8) is 0 Å². The van der Waals surface area contributed by atoms with Gasteiger partial charge in [0.2, 0.25) is 10.0 Å². The molecule has 1 aromatic carbocycles. The van der Waals surface area contributed by atoms with Crippen molar-refractivity contribution >= 4 is 15.8 Å². The summed E-state index contributed by atoms with van der Waals surface area (Å²) in [5.74, 6) is 0.830. The Morgan fingerprint density at radius 2 is 1.70 bits per heavy atom. The molecule has 6 heteroatoms. The van der Waals surface area contributed by atoms with Crippen molar-refractivity contribution in [2.24, 2.45) is 0 Å². The van der Waals surface area contributed by atoms with Crippen LogP contribution >= 0.6 is 0 Å². The van der Waals surface area contributed by atoms with Crippen LogP contribution in [0.1, 0.15) is 30.7 Å². The zero-order chi connectivity index (χ0) is 16.9. The predicted molar refractivity (Wildman–Crippen MR) is 93.6 cm³/mol. The predicted octanol–water partition coefficient (Wildman–Crippen LogP) is 2.83. The molecule has 0 aliphatic heterocycles. The molecule has 23 heavy (non-hydrogen) atoms. The number of aromatic nitrogens is 1. The average molecular weight is 333 g/mol. The van der Waals surface area contributed by atoms with E-state index in [2.05, 4.69) is 15.0 Å². The molecule has 0 aliphatic carbocycles. The Balaban J connectivity index is 1.94. The summed E-state index contributed by atoms with van der Waals surface area (Å²) in [6.07, 6.45) is 0. The molecular formula is C17H23N3O2S. The van der Waals surface area contributed by atoms with E-state index in [0.29, 0.717) is 6.54 Å². The van der Waals surface area contributed by atoms with E-state index in [-0.39, 0.29) is 11.8 Å². The SMILES string of the molecule is Cc1cccc(NCc2ccc(CS(=O)(=O)NC(C)C)cc2)n1. The van der Waals surface area contributed by atoms with Gasteiger partial charge in [-0.2, -0.15) is 0 Å². The zero-order valence-corrected chi connectivity index (χ0v) is 14.5. The van der Waals surface area contributed by atoms with Gasteiger partial charge in [-0.3, -0.25) is 0 Å². The van der Waals surface area contributed by atoms with Crippen LogP contribution in [0.3, 0.4) is 0 Å². The molecule has 1 aromatic heterocycles. The van der Waals surface area contributed by atoms with Gasteiger partial charge in [-0.05, 0) is 44.0 Å². The lowest BCUT2D eigenvalue weighted by molar-refractivity contribution is 0.569. The molecule has 0 aliphatic rings. The maximum absolute atomic E-state index is 11.9. The summed E-state index contributed by atoms with van der Waals surface area (Å²) in [5.41, 5.74) is 2.81. The summed E-state index contributed by atoms with van der Waals surface area (Å²) in [6, 6.07) is 13.3. The Morgan fingerprint density at radius 1 is 1.04 bits per heavy atom. The van der Waals surface area contributed by atoms with Crippen LogP contribution in [0.4, 0.5) is 5.82 Å².